The number of allylic oxidation sites excluding steroid dienone is 1. The zero-order valence-corrected chi connectivity index (χ0v) is 11.6. The number of fused-ring (bicyclic) bond motifs is 1. The van der Waals surface area contributed by atoms with Crippen LogP contribution >= 0.6 is 15.9 Å². The third-order valence-corrected chi connectivity index (χ3v) is 3.95. The first-order chi connectivity index (χ1) is 9.16. The van der Waals surface area contributed by atoms with Gasteiger partial charge in [-0.25, -0.2) is 0 Å². The minimum Gasteiger partial charge on any atom is -0.258 e. The van der Waals surface area contributed by atoms with Crippen LogP contribution in [0.4, 0.5) is 5.69 Å². The van der Waals surface area contributed by atoms with Crippen molar-refractivity contribution < 1.29 is 4.92 Å². The number of nitrogens with zero attached hydrogens (tertiary/aromatic N) is 1. The average Bonchev–Trinajstić information content (AvgIpc) is 2.74. The van der Waals surface area contributed by atoms with Crippen LogP contribution in [0.25, 0.3) is 5.57 Å². The zero-order valence-electron chi connectivity index (χ0n) is 9.97. The Morgan fingerprint density at radius 1 is 1.05 bits per heavy atom. The monoisotopic (exact) mass is 315 g/mol. The molecule has 0 radical (unpaired) electrons. The summed E-state index contributed by atoms with van der Waals surface area (Å²) in [5.41, 5.74) is 4.73. The molecule has 0 aliphatic heterocycles. The van der Waals surface area contributed by atoms with E-state index in [9.17, 15) is 10.1 Å². The van der Waals surface area contributed by atoms with Crippen LogP contribution in [-0.2, 0) is 6.42 Å². The summed E-state index contributed by atoms with van der Waals surface area (Å²) >= 11 is 3.62. The van der Waals surface area contributed by atoms with Crippen molar-refractivity contribution in [3.63, 3.8) is 0 Å². The fourth-order valence-corrected chi connectivity index (χ4v) is 3.13. The van der Waals surface area contributed by atoms with Gasteiger partial charge in [-0.05, 0) is 34.4 Å². The van der Waals surface area contributed by atoms with E-state index < -0.39 is 0 Å². The molecule has 0 N–H and O–H groups in total. The van der Waals surface area contributed by atoms with Crippen LogP contribution in [0.1, 0.15) is 16.7 Å². The normalized spacial score (nSPS) is 13.5. The Bertz CT molecular complexity index is 690. The van der Waals surface area contributed by atoms with Crippen molar-refractivity contribution >= 4 is 27.2 Å². The first kappa shape index (κ1) is 12.1. The highest BCUT2D eigenvalue weighted by Gasteiger charge is 2.21. The van der Waals surface area contributed by atoms with Crippen LogP contribution in [0.2, 0.25) is 0 Å². The van der Waals surface area contributed by atoms with Crippen molar-refractivity contribution in [2.24, 2.45) is 0 Å². The second-order valence-corrected chi connectivity index (χ2v) is 5.38. The SMILES string of the molecule is O=[N+]([O-])c1ccc(C2=C(Br)Cc3ccccc32)cc1. The molecule has 0 heterocycles. The molecule has 3 nitrogen and oxygen atoms in total. The molecule has 94 valence electrons. The molecule has 2 aromatic carbocycles. The van der Waals surface area contributed by atoms with E-state index in [0.29, 0.717) is 0 Å². The lowest BCUT2D eigenvalue weighted by Crippen LogP contribution is -1.90. The number of halogens is 1. The van der Waals surface area contributed by atoms with Gasteiger partial charge in [0.15, 0.2) is 0 Å². The van der Waals surface area contributed by atoms with E-state index in [1.807, 2.05) is 12.1 Å². The molecule has 1 aliphatic carbocycles. The molecule has 0 unspecified atom stereocenters. The molecule has 1 aliphatic rings. The predicted octanol–water partition coefficient (Wildman–Crippen LogP) is 4.31. The molecule has 0 amide bonds. The summed E-state index contributed by atoms with van der Waals surface area (Å²) in [5.74, 6) is 0. The zero-order chi connectivity index (χ0) is 13.4. The van der Waals surface area contributed by atoms with Gasteiger partial charge in [0.25, 0.3) is 5.69 Å². The Hall–Kier alpha value is -1.94. The van der Waals surface area contributed by atoms with Gasteiger partial charge in [-0.15, -0.1) is 0 Å². The molecule has 0 saturated carbocycles. The number of nitro benzene ring substituents is 1. The maximum absolute atomic E-state index is 10.7. The van der Waals surface area contributed by atoms with Crippen molar-refractivity contribution in [2.45, 2.75) is 6.42 Å². The number of hydrogen-bond acceptors (Lipinski definition) is 2. The lowest BCUT2D eigenvalue weighted by Gasteiger charge is -2.06. The molecule has 0 spiro atoms. The summed E-state index contributed by atoms with van der Waals surface area (Å²) in [6.45, 7) is 0. The summed E-state index contributed by atoms with van der Waals surface area (Å²) in [5, 5.41) is 10.7. The quantitative estimate of drug-likeness (QED) is 0.612. The Balaban J connectivity index is 2.07. The summed E-state index contributed by atoms with van der Waals surface area (Å²) < 4.78 is 1.13. The lowest BCUT2D eigenvalue weighted by atomic mass is 9.99. The van der Waals surface area contributed by atoms with Crippen LogP contribution < -0.4 is 0 Å². The van der Waals surface area contributed by atoms with Gasteiger partial charge < -0.3 is 0 Å². The topological polar surface area (TPSA) is 43.1 Å². The molecule has 0 fully saturated rings. The lowest BCUT2D eigenvalue weighted by molar-refractivity contribution is -0.384. The van der Waals surface area contributed by atoms with Crippen molar-refractivity contribution in [3.8, 4) is 0 Å². The molecule has 0 aromatic heterocycles. The third-order valence-electron chi connectivity index (χ3n) is 3.27. The Labute approximate surface area is 118 Å². The molecule has 3 rings (SSSR count). The number of benzene rings is 2. The van der Waals surface area contributed by atoms with Gasteiger partial charge in [0, 0.05) is 23.0 Å². The first-order valence-electron chi connectivity index (χ1n) is 5.88. The Morgan fingerprint density at radius 2 is 1.74 bits per heavy atom. The van der Waals surface area contributed by atoms with Crippen LogP contribution in [0.3, 0.4) is 0 Å². The summed E-state index contributed by atoms with van der Waals surface area (Å²) in [6.07, 6.45) is 0.877. The summed E-state index contributed by atoms with van der Waals surface area (Å²) in [7, 11) is 0. The first-order valence-corrected chi connectivity index (χ1v) is 6.68. The highest BCUT2D eigenvalue weighted by Crippen LogP contribution is 2.40. The van der Waals surface area contributed by atoms with E-state index in [4.69, 9.17) is 0 Å². The van der Waals surface area contributed by atoms with E-state index in [2.05, 4.69) is 28.1 Å². The van der Waals surface area contributed by atoms with Gasteiger partial charge in [-0.3, -0.25) is 10.1 Å². The van der Waals surface area contributed by atoms with E-state index in [-0.39, 0.29) is 10.6 Å². The van der Waals surface area contributed by atoms with E-state index in [1.54, 1.807) is 24.3 Å². The second-order valence-electron chi connectivity index (χ2n) is 4.42. The van der Waals surface area contributed by atoms with Gasteiger partial charge in [0.2, 0.25) is 0 Å². The van der Waals surface area contributed by atoms with Gasteiger partial charge in [0.1, 0.15) is 0 Å². The van der Waals surface area contributed by atoms with Gasteiger partial charge >= 0.3 is 0 Å². The van der Waals surface area contributed by atoms with Crippen LogP contribution in [0, 0.1) is 10.1 Å². The molecule has 2 aromatic rings. The summed E-state index contributed by atoms with van der Waals surface area (Å²) in [4.78, 5) is 10.3. The highest BCUT2D eigenvalue weighted by atomic mass is 79.9. The minimum absolute atomic E-state index is 0.117. The molecule has 0 saturated heterocycles. The Morgan fingerprint density at radius 3 is 2.42 bits per heavy atom. The van der Waals surface area contributed by atoms with E-state index in [1.165, 1.54) is 11.1 Å². The molecule has 4 heteroatoms. The summed E-state index contributed by atoms with van der Waals surface area (Å²) in [6, 6.07) is 14.9. The number of non-ortho nitro benzene ring substituents is 1. The predicted molar refractivity (Wildman–Crippen MR) is 78.2 cm³/mol. The van der Waals surface area contributed by atoms with Crippen LogP contribution in [0.5, 0.6) is 0 Å². The van der Waals surface area contributed by atoms with Crippen molar-refractivity contribution in [2.75, 3.05) is 0 Å². The van der Waals surface area contributed by atoms with E-state index >= 15 is 0 Å². The largest absolute Gasteiger partial charge is 0.269 e. The molecular formula is C15H10BrNO2. The van der Waals surface area contributed by atoms with Gasteiger partial charge in [-0.1, -0.05) is 40.2 Å². The molecule has 0 atom stereocenters. The number of rotatable bonds is 2. The smallest absolute Gasteiger partial charge is 0.258 e. The third kappa shape index (κ3) is 2.08. The molecule has 0 bridgehead atoms. The van der Waals surface area contributed by atoms with Crippen molar-refractivity contribution in [3.05, 3.63) is 79.8 Å². The van der Waals surface area contributed by atoms with Crippen LogP contribution in [-0.4, -0.2) is 4.92 Å². The van der Waals surface area contributed by atoms with Crippen molar-refractivity contribution in [1.82, 2.24) is 0 Å². The van der Waals surface area contributed by atoms with Crippen LogP contribution in [0.15, 0.2) is 53.0 Å². The van der Waals surface area contributed by atoms with Gasteiger partial charge in [0.05, 0.1) is 4.92 Å². The standard InChI is InChI=1S/C15H10BrNO2/c16-14-9-11-3-1-2-4-13(11)15(14)10-5-7-12(8-6-10)17(18)19/h1-8H,9H2. The highest BCUT2D eigenvalue weighted by molar-refractivity contribution is 9.11. The Kier molecular flexibility index (Phi) is 2.95. The van der Waals surface area contributed by atoms with E-state index in [0.717, 1.165) is 22.0 Å². The second kappa shape index (κ2) is 4.63. The fourth-order valence-electron chi connectivity index (χ4n) is 2.38. The number of nitro groups is 1. The van der Waals surface area contributed by atoms with Gasteiger partial charge in [-0.2, -0.15) is 0 Å². The number of hydrogen-bond donors (Lipinski definition) is 0. The van der Waals surface area contributed by atoms with Crippen molar-refractivity contribution in [1.29, 1.82) is 0 Å². The maximum Gasteiger partial charge on any atom is 0.269 e. The fraction of sp³-hybridized carbons (Fsp3) is 0.0667. The molecule has 19 heavy (non-hydrogen) atoms. The average molecular weight is 316 g/mol. The maximum atomic E-state index is 10.7. The minimum atomic E-state index is -0.379. The molecular weight excluding hydrogens is 306 g/mol.